The third-order valence-electron chi connectivity index (χ3n) is 4.65. The summed E-state index contributed by atoms with van der Waals surface area (Å²) in [5.41, 5.74) is 8.50. The number of amides is 2. The largest absolute Gasteiger partial charge is 0.481 e. The van der Waals surface area contributed by atoms with Crippen LogP contribution in [0.2, 0.25) is 0 Å². The number of aliphatic carboxylic acids is 1. The maximum Gasteiger partial charge on any atom is 0.309 e. The van der Waals surface area contributed by atoms with Crippen molar-refractivity contribution in [3.63, 3.8) is 0 Å². The maximum absolute atomic E-state index is 10.4. The molecule has 0 aromatic carbocycles. The molecule has 0 aromatic rings. The minimum absolute atomic E-state index is 0.340. The van der Waals surface area contributed by atoms with Crippen molar-refractivity contribution in [1.29, 1.82) is 0 Å². The monoisotopic (exact) mass is 398 g/mol. The van der Waals surface area contributed by atoms with Gasteiger partial charge in [-0.1, -0.05) is 96.1 Å². The van der Waals surface area contributed by atoms with Crippen LogP contribution in [0.5, 0.6) is 0 Å². The van der Waals surface area contributed by atoms with E-state index in [1.165, 1.54) is 96.3 Å². The van der Waals surface area contributed by atoms with Crippen LogP contribution in [0.25, 0.3) is 0 Å². The quantitative estimate of drug-likeness (QED) is 0.166. The standard InChI is InChI=1S/C22H42O2.CH4N2O/c1-2-3-4-5-6-7-8-9-10-11-12-13-14-15-16-17-18-19-20-21-22(23)24;2-1(3)4/h9-10H,2-8,11-21H2,1H3,(H,23,24);(H4,2,3,4)/b10-9+;. The van der Waals surface area contributed by atoms with Gasteiger partial charge in [0.05, 0.1) is 0 Å². The van der Waals surface area contributed by atoms with E-state index in [1.807, 2.05) is 0 Å². The number of carbonyl (C=O) groups is 2. The highest BCUT2D eigenvalue weighted by atomic mass is 16.4. The second kappa shape index (κ2) is 25.5. The number of hydrogen-bond acceptors (Lipinski definition) is 2. The van der Waals surface area contributed by atoms with Crippen molar-refractivity contribution >= 4 is 12.0 Å². The lowest BCUT2D eigenvalue weighted by molar-refractivity contribution is -0.137. The number of unbranched alkanes of at least 4 members (excludes halogenated alkanes) is 15. The number of primary amides is 2. The molecule has 5 heteroatoms. The highest BCUT2D eigenvalue weighted by molar-refractivity contribution is 5.69. The second-order valence-corrected chi connectivity index (χ2v) is 7.54. The van der Waals surface area contributed by atoms with Crippen LogP contribution in [0.4, 0.5) is 4.79 Å². The maximum atomic E-state index is 10.4. The molecular formula is C23H46N2O3. The molecule has 0 fully saturated rings. The van der Waals surface area contributed by atoms with E-state index >= 15 is 0 Å². The number of carbonyl (C=O) groups excluding carboxylic acids is 1. The Bertz CT molecular complexity index is 367. The molecule has 0 saturated carbocycles. The first-order valence-corrected chi connectivity index (χ1v) is 11.4. The first-order valence-electron chi connectivity index (χ1n) is 11.4. The molecule has 0 bridgehead atoms. The molecule has 0 atom stereocenters. The van der Waals surface area contributed by atoms with Crippen LogP contribution in [0.15, 0.2) is 12.2 Å². The SMILES string of the molecule is CCCCCCCC/C=C/CCCCCCCCCCCC(=O)O.NC(N)=O. The van der Waals surface area contributed by atoms with Gasteiger partial charge in [0.2, 0.25) is 0 Å². The summed E-state index contributed by atoms with van der Waals surface area (Å²) in [6.45, 7) is 2.27. The molecule has 0 aromatic heterocycles. The van der Waals surface area contributed by atoms with Gasteiger partial charge in [-0.25, -0.2) is 4.79 Å². The van der Waals surface area contributed by atoms with E-state index in [9.17, 15) is 4.79 Å². The Morgan fingerprint density at radius 1 is 0.643 bits per heavy atom. The lowest BCUT2D eigenvalue weighted by atomic mass is 10.1. The number of carboxylic acids is 1. The molecule has 0 rings (SSSR count). The molecule has 0 radical (unpaired) electrons. The van der Waals surface area contributed by atoms with Gasteiger partial charge in [-0.05, 0) is 32.1 Å². The van der Waals surface area contributed by atoms with E-state index in [0.717, 1.165) is 12.8 Å². The van der Waals surface area contributed by atoms with Gasteiger partial charge in [0.1, 0.15) is 0 Å². The molecule has 0 aliphatic heterocycles. The molecule has 5 nitrogen and oxygen atoms in total. The van der Waals surface area contributed by atoms with Gasteiger partial charge in [0.15, 0.2) is 0 Å². The van der Waals surface area contributed by atoms with Crippen molar-refractivity contribution in [3.8, 4) is 0 Å². The highest BCUT2D eigenvalue weighted by Gasteiger charge is 1.96. The summed E-state index contributed by atoms with van der Waals surface area (Å²) in [6.07, 6.45) is 27.1. The number of urea groups is 1. The number of allylic oxidation sites excluding steroid dienone is 2. The fourth-order valence-corrected chi connectivity index (χ4v) is 3.05. The number of carboxylic acid groups (broad SMARTS) is 1. The van der Waals surface area contributed by atoms with Gasteiger partial charge >= 0.3 is 12.0 Å². The van der Waals surface area contributed by atoms with E-state index in [-0.39, 0.29) is 0 Å². The van der Waals surface area contributed by atoms with Crippen LogP contribution in [-0.4, -0.2) is 17.1 Å². The Balaban J connectivity index is 0. The summed E-state index contributed by atoms with van der Waals surface area (Å²) in [5.74, 6) is -0.656. The van der Waals surface area contributed by atoms with E-state index in [4.69, 9.17) is 9.90 Å². The molecule has 0 saturated heterocycles. The van der Waals surface area contributed by atoms with Crippen LogP contribution in [-0.2, 0) is 4.79 Å². The lowest BCUT2D eigenvalue weighted by Crippen LogP contribution is -2.18. The molecule has 5 N–H and O–H groups in total. The van der Waals surface area contributed by atoms with E-state index in [1.54, 1.807) is 0 Å². The van der Waals surface area contributed by atoms with Gasteiger partial charge in [0.25, 0.3) is 0 Å². The van der Waals surface area contributed by atoms with E-state index < -0.39 is 12.0 Å². The third kappa shape index (κ3) is 35.6. The lowest BCUT2D eigenvalue weighted by Gasteiger charge is -2.01. The van der Waals surface area contributed by atoms with Crippen molar-refractivity contribution < 1.29 is 14.7 Å². The average molecular weight is 399 g/mol. The zero-order valence-corrected chi connectivity index (χ0v) is 18.3. The Labute approximate surface area is 173 Å². The smallest absolute Gasteiger partial charge is 0.309 e. The molecule has 166 valence electrons. The third-order valence-corrected chi connectivity index (χ3v) is 4.65. The fourth-order valence-electron chi connectivity index (χ4n) is 3.05. The van der Waals surface area contributed by atoms with Crippen LogP contribution in [0.1, 0.15) is 122 Å². The molecule has 0 spiro atoms. The highest BCUT2D eigenvalue weighted by Crippen LogP contribution is 2.12. The molecule has 0 unspecified atom stereocenters. The predicted molar refractivity (Wildman–Crippen MR) is 119 cm³/mol. The first-order chi connectivity index (χ1) is 13.5. The summed E-state index contributed by atoms with van der Waals surface area (Å²) in [4.78, 5) is 19.4. The Hall–Kier alpha value is -1.52. The van der Waals surface area contributed by atoms with Crippen molar-refractivity contribution in [2.24, 2.45) is 11.5 Å². The van der Waals surface area contributed by atoms with Gasteiger partial charge in [-0.2, -0.15) is 0 Å². The summed E-state index contributed by atoms with van der Waals surface area (Å²) in [7, 11) is 0. The van der Waals surface area contributed by atoms with E-state index in [0.29, 0.717) is 6.42 Å². The van der Waals surface area contributed by atoms with Gasteiger partial charge in [0, 0.05) is 6.42 Å². The minimum Gasteiger partial charge on any atom is -0.481 e. The van der Waals surface area contributed by atoms with Crippen LogP contribution in [0, 0.1) is 0 Å². The van der Waals surface area contributed by atoms with Crippen molar-refractivity contribution in [1.82, 2.24) is 0 Å². The van der Waals surface area contributed by atoms with Gasteiger partial charge < -0.3 is 16.6 Å². The van der Waals surface area contributed by atoms with Crippen molar-refractivity contribution in [2.45, 2.75) is 122 Å². The van der Waals surface area contributed by atoms with Crippen molar-refractivity contribution in [3.05, 3.63) is 12.2 Å². The van der Waals surface area contributed by atoms with Crippen molar-refractivity contribution in [2.75, 3.05) is 0 Å². The van der Waals surface area contributed by atoms with E-state index in [2.05, 4.69) is 30.5 Å². The molecule has 28 heavy (non-hydrogen) atoms. The molecule has 2 amide bonds. The molecule has 0 aliphatic rings. The topological polar surface area (TPSA) is 106 Å². The number of nitrogens with two attached hydrogens (primary N) is 2. The summed E-state index contributed by atoms with van der Waals surface area (Å²) in [5, 5.41) is 8.55. The number of hydrogen-bond donors (Lipinski definition) is 3. The second-order valence-electron chi connectivity index (χ2n) is 7.54. The summed E-state index contributed by atoms with van der Waals surface area (Å²) in [6, 6.07) is -0.833. The van der Waals surface area contributed by atoms with Gasteiger partial charge in [-0.15, -0.1) is 0 Å². The number of rotatable bonds is 19. The van der Waals surface area contributed by atoms with Crippen LogP contribution < -0.4 is 11.5 Å². The first kappa shape index (κ1) is 28.7. The fraction of sp³-hybridized carbons (Fsp3) is 0.826. The zero-order valence-electron chi connectivity index (χ0n) is 18.3. The summed E-state index contributed by atoms with van der Waals surface area (Å²) < 4.78 is 0. The van der Waals surface area contributed by atoms with Gasteiger partial charge in [-0.3, -0.25) is 4.79 Å². The Morgan fingerprint density at radius 2 is 0.964 bits per heavy atom. The van der Waals surface area contributed by atoms with Crippen LogP contribution in [0.3, 0.4) is 0 Å². The minimum atomic E-state index is -0.833. The Morgan fingerprint density at radius 3 is 1.32 bits per heavy atom. The summed E-state index contributed by atoms with van der Waals surface area (Å²) >= 11 is 0. The normalized spacial score (nSPS) is 10.6. The average Bonchev–Trinajstić information content (AvgIpc) is 2.63. The Kier molecular flexibility index (Phi) is 26.1. The molecule has 0 aliphatic carbocycles. The molecular weight excluding hydrogens is 352 g/mol. The molecule has 0 heterocycles. The predicted octanol–water partition coefficient (Wildman–Crippen LogP) is 6.69. The van der Waals surface area contributed by atoms with Crippen LogP contribution >= 0.6 is 0 Å². The zero-order chi connectivity index (χ0) is 21.3.